The number of rotatable bonds is 4. The van der Waals surface area contributed by atoms with E-state index in [0.717, 1.165) is 64.5 Å². The Morgan fingerprint density at radius 2 is 1.46 bits per heavy atom. The minimum Gasteiger partial charge on any atom is -0.393 e. The summed E-state index contributed by atoms with van der Waals surface area (Å²) in [6.07, 6.45) is 14.4. The molecule has 1 saturated heterocycles. The first-order valence-electron chi connectivity index (χ1n) is 19.7. The number of amides is 2. The predicted molar refractivity (Wildman–Crippen MR) is 185 cm³/mol. The van der Waals surface area contributed by atoms with Gasteiger partial charge in [-0.1, -0.05) is 62.3 Å². The van der Waals surface area contributed by atoms with E-state index in [1.165, 1.54) is 32.1 Å². The van der Waals surface area contributed by atoms with Crippen molar-refractivity contribution in [1.29, 1.82) is 0 Å². The van der Waals surface area contributed by atoms with Crippen LogP contribution in [0, 0.1) is 73.9 Å². The van der Waals surface area contributed by atoms with Gasteiger partial charge in [0.15, 0.2) is 0 Å². The van der Waals surface area contributed by atoms with Crippen molar-refractivity contribution in [2.45, 2.75) is 158 Å². The summed E-state index contributed by atoms with van der Waals surface area (Å²) in [4.78, 5) is 30.3. The second-order valence-electron chi connectivity index (χ2n) is 20.3. The Labute approximate surface area is 281 Å². The molecular formula is C41H68N2O3. The van der Waals surface area contributed by atoms with E-state index in [4.69, 9.17) is 0 Å². The molecule has 7 fully saturated rings. The summed E-state index contributed by atoms with van der Waals surface area (Å²) in [5.74, 6) is 4.18. The van der Waals surface area contributed by atoms with Crippen LogP contribution in [0.3, 0.4) is 0 Å². The molecule has 7 aliphatic rings. The smallest absolute Gasteiger partial charge is 0.226 e. The number of carbonyl (C=O) groups is 2. The van der Waals surface area contributed by atoms with Gasteiger partial charge in [0.2, 0.25) is 11.8 Å². The van der Waals surface area contributed by atoms with Crippen molar-refractivity contribution in [1.82, 2.24) is 10.2 Å². The number of aliphatic hydroxyl groups excluding tert-OH is 1. The van der Waals surface area contributed by atoms with Gasteiger partial charge in [-0.25, -0.2) is 0 Å². The van der Waals surface area contributed by atoms with E-state index < -0.39 is 0 Å². The zero-order valence-electron chi connectivity index (χ0n) is 31.0. The molecule has 260 valence electrons. The molecule has 5 nitrogen and oxygen atoms in total. The van der Waals surface area contributed by atoms with Gasteiger partial charge in [-0.15, -0.1) is 0 Å². The molecule has 0 radical (unpaired) electrons. The highest BCUT2D eigenvalue weighted by Crippen LogP contribution is 2.77. The van der Waals surface area contributed by atoms with Gasteiger partial charge in [-0.2, -0.15) is 0 Å². The fourth-order valence-electron chi connectivity index (χ4n) is 14.8. The van der Waals surface area contributed by atoms with Crippen LogP contribution in [0.25, 0.3) is 0 Å². The first-order chi connectivity index (χ1) is 21.4. The lowest BCUT2D eigenvalue weighted by molar-refractivity contribution is -0.248. The fourth-order valence-corrected chi connectivity index (χ4v) is 14.8. The lowest BCUT2D eigenvalue weighted by atomic mass is 9.32. The van der Waals surface area contributed by atoms with Crippen molar-refractivity contribution in [3.05, 3.63) is 0 Å². The number of nitrogens with zero attached hydrogens (tertiary/aromatic N) is 1. The van der Waals surface area contributed by atoms with Crippen LogP contribution < -0.4 is 5.32 Å². The number of hydrogen-bond donors (Lipinski definition) is 2. The highest BCUT2D eigenvalue weighted by Gasteiger charge is 2.72. The Morgan fingerprint density at radius 1 is 0.761 bits per heavy atom. The molecule has 1 aliphatic heterocycles. The molecule has 5 heteroatoms. The van der Waals surface area contributed by atoms with Gasteiger partial charge in [0.05, 0.1) is 11.5 Å². The number of nitrogens with one attached hydrogen (secondary N) is 1. The van der Waals surface area contributed by atoms with Gasteiger partial charge in [0.1, 0.15) is 0 Å². The van der Waals surface area contributed by atoms with Crippen molar-refractivity contribution in [2.75, 3.05) is 13.1 Å². The minimum absolute atomic E-state index is 0.0204. The van der Waals surface area contributed by atoms with E-state index in [-0.39, 0.29) is 50.6 Å². The highest BCUT2D eigenvalue weighted by atomic mass is 16.3. The zero-order valence-corrected chi connectivity index (χ0v) is 31.0. The molecule has 12 atom stereocenters. The molecule has 0 spiro atoms. The van der Waals surface area contributed by atoms with Crippen molar-refractivity contribution >= 4 is 11.8 Å². The average Bonchev–Trinajstić information content (AvgIpc) is 3.67. The summed E-state index contributed by atoms with van der Waals surface area (Å²) in [6, 6.07) is 0.0893. The van der Waals surface area contributed by atoms with Crippen LogP contribution in [0.5, 0.6) is 0 Å². The summed E-state index contributed by atoms with van der Waals surface area (Å²) in [7, 11) is 0. The van der Waals surface area contributed by atoms with Gasteiger partial charge in [-0.3, -0.25) is 9.59 Å². The van der Waals surface area contributed by atoms with Crippen LogP contribution in [0.4, 0.5) is 0 Å². The number of fused-ring (bicyclic) bond motifs is 7. The number of hydrogen-bond acceptors (Lipinski definition) is 3. The molecule has 7 rings (SSSR count). The summed E-state index contributed by atoms with van der Waals surface area (Å²) in [6.45, 7) is 23.8. The van der Waals surface area contributed by atoms with Crippen molar-refractivity contribution in [3.63, 3.8) is 0 Å². The van der Waals surface area contributed by atoms with Gasteiger partial charge in [0.25, 0.3) is 0 Å². The Bertz CT molecular complexity index is 1240. The lowest BCUT2D eigenvalue weighted by Gasteiger charge is -2.73. The summed E-state index contributed by atoms with van der Waals surface area (Å²) in [5, 5.41) is 14.8. The third kappa shape index (κ3) is 4.26. The topological polar surface area (TPSA) is 69.6 Å². The summed E-state index contributed by atoms with van der Waals surface area (Å²) >= 11 is 0. The van der Waals surface area contributed by atoms with Crippen LogP contribution in [0.2, 0.25) is 0 Å². The quantitative estimate of drug-likeness (QED) is 0.327. The molecule has 46 heavy (non-hydrogen) atoms. The maximum absolute atomic E-state index is 14.8. The Balaban J connectivity index is 1.16. The number of carbonyl (C=O) groups excluding carboxylic acids is 2. The van der Waals surface area contributed by atoms with Crippen LogP contribution >= 0.6 is 0 Å². The van der Waals surface area contributed by atoms with E-state index in [1.807, 2.05) is 0 Å². The van der Waals surface area contributed by atoms with E-state index in [0.29, 0.717) is 47.3 Å². The molecule has 12 unspecified atom stereocenters. The van der Waals surface area contributed by atoms with Crippen molar-refractivity contribution in [3.8, 4) is 0 Å². The van der Waals surface area contributed by atoms with Gasteiger partial charge >= 0.3 is 0 Å². The van der Waals surface area contributed by atoms with E-state index >= 15 is 0 Å². The Kier molecular flexibility index (Phi) is 7.77. The highest BCUT2D eigenvalue weighted by molar-refractivity contribution is 5.86. The first kappa shape index (κ1) is 33.4. The Hall–Kier alpha value is -1.10. The second-order valence-corrected chi connectivity index (χ2v) is 20.3. The molecule has 0 aromatic carbocycles. The summed E-state index contributed by atoms with van der Waals surface area (Å²) < 4.78 is 0. The molecule has 6 aliphatic carbocycles. The first-order valence-corrected chi connectivity index (χ1v) is 19.7. The Morgan fingerprint density at radius 3 is 2.11 bits per heavy atom. The molecule has 0 bridgehead atoms. The normalized spacial score (nSPS) is 50.5. The van der Waals surface area contributed by atoms with Gasteiger partial charge in [-0.05, 0) is 146 Å². The molecule has 1 heterocycles. The minimum atomic E-state index is -0.263. The standard InChI is InChI=1S/C41H68N2O3/c1-25(2)26-14-19-41(35(46)42-31-24-28(36(31,3)4)34(45)43-22-10-11-23-43)21-20-39(8)27(33(26)41)12-13-30-38(7)17-16-32(44)37(5,6)29(38)15-18-40(30,39)9/h25-33,44H,10-24H2,1-9H3,(H,42,46). The molecule has 6 saturated carbocycles. The van der Waals surface area contributed by atoms with Crippen molar-refractivity contribution < 1.29 is 14.7 Å². The second kappa shape index (κ2) is 10.7. The van der Waals surface area contributed by atoms with Gasteiger partial charge < -0.3 is 15.3 Å². The van der Waals surface area contributed by atoms with E-state index in [9.17, 15) is 14.7 Å². The lowest BCUT2D eigenvalue weighted by Crippen LogP contribution is -2.68. The van der Waals surface area contributed by atoms with Crippen LogP contribution in [0.15, 0.2) is 0 Å². The third-order valence-electron chi connectivity index (χ3n) is 18.1. The van der Waals surface area contributed by atoms with Crippen LogP contribution in [0.1, 0.15) is 146 Å². The maximum atomic E-state index is 14.8. The van der Waals surface area contributed by atoms with Crippen molar-refractivity contribution in [2.24, 2.45) is 73.9 Å². The monoisotopic (exact) mass is 637 g/mol. The average molecular weight is 637 g/mol. The molecule has 2 amide bonds. The van der Waals surface area contributed by atoms with E-state index in [1.54, 1.807) is 0 Å². The number of aliphatic hydroxyl groups is 1. The molecular weight excluding hydrogens is 568 g/mol. The zero-order chi connectivity index (χ0) is 33.2. The molecule has 0 aromatic heterocycles. The maximum Gasteiger partial charge on any atom is 0.226 e. The fraction of sp³-hybridized carbons (Fsp3) is 0.951. The summed E-state index contributed by atoms with van der Waals surface area (Å²) in [5.41, 5.74) is 0.307. The largest absolute Gasteiger partial charge is 0.393 e. The third-order valence-corrected chi connectivity index (χ3v) is 18.1. The SMILES string of the molecule is CC(C)C1CCC2(C(=O)NC3CC(C(=O)N4CCCC4)C3(C)C)CCC3(C)C(CCC4C5(C)CCC(O)C(C)(C)C5CCC43C)C12. The van der Waals surface area contributed by atoms with Crippen LogP contribution in [-0.4, -0.2) is 47.1 Å². The van der Waals surface area contributed by atoms with Gasteiger partial charge in [0, 0.05) is 25.0 Å². The molecule has 2 N–H and O–H groups in total. The predicted octanol–water partition coefficient (Wildman–Crippen LogP) is 8.24. The van der Waals surface area contributed by atoms with E-state index in [2.05, 4.69) is 72.5 Å². The van der Waals surface area contributed by atoms with Crippen LogP contribution in [-0.2, 0) is 9.59 Å². The molecule has 0 aromatic rings. The number of likely N-dealkylation sites (tertiary alicyclic amines) is 1.